The minimum Gasteiger partial charge on any atom is -0.384 e. The van der Waals surface area contributed by atoms with Gasteiger partial charge in [0.15, 0.2) is 5.65 Å². The molecule has 26 heavy (non-hydrogen) atoms. The minimum atomic E-state index is -0.294. The van der Waals surface area contributed by atoms with E-state index in [1.165, 1.54) is 12.1 Å². The second-order valence-electron chi connectivity index (χ2n) is 5.68. The van der Waals surface area contributed by atoms with Crippen LogP contribution in [0.3, 0.4) is 0 Å². The number of hydrogen-bond acceptors (Lipinski definition) is 6. The van der Waals surface area contributed by atoms with Gasteiger partial charge >= 0.3 is 0 Å². The van der Waals surface area contributed by atoms with Gasteiger partial charge in [-0.3, -0.25) is 0 Å². The molecular weight excluding hydrogens is 333 g/mol. The molecule has 8 heteroatoms. The molecule has 0 aliphatic heterocycles. The molecular formula is C18H16FN7. The third-order valence-corrected chi connectivity index (χ3v) is 3.94. The van der Waals surface area contributed by atoms with E-state index >= 15 is 0 Å². The van der Waals surface area contributed by atoms with Gasteiger partial charge in [0.05, 0.1) is 6.20 Å². The lowest BCUT2D eigenvalue weighted by atomic mass is 10.2. The Hall–Kier alpha value is -3.55. The molecule has 0 unspecified atom stereocenters. The number of anilines is 3. The summed E-state index contributed by atoms with van der Waals surface area (Å²) in [6.45, 7) is 2.70. The summed E-state index contributed by atoms with van der Waals surface area (Å²) in [5.41, 5.74) is 8.75. The summed E-state index contributed by atoms with van der Waals surface area (Å²) in [6.07, 6.45) is 3.31. The van der Waals surface area contributed by atoms with E-state index in [0.717, 1.165) is 11.4 Å². The number of nitrogen functional groups attached to an aromatic ring is 1. The molecule has 0 aliphatic carbocycles. The van der Waals surface area contributed by atoms with E-state index in [1.807, 2.05) is 17.6 Å². The maximum Gasteiger partial charge on any atom is 0.229 e. The van der Waals surface area contributed by atoms with Crippen molar-refractivity contribution in [2.75, 3.05) is 11.1 Å². The molecule has 3 aromatic heterocycles. The first kappa shape index (κ1) is 15.9. The first-order valence-corrected chi connectivity index (χ1v) is 8.12. The highest BCUT2D eigenvalue weighted by Crippen LogP contribution is 2.25. The zero-order valence-electron chi connectivity index (χ0n) is 14.0. The van der Waals surface area contributed by atoms with Gasteiger partial charge in [-0.25, -0.2) is 19.3 Å². The maximum absolute atomic E-state index is 13.0. The Balaban J connectivity index is 1.77. The molecule has 0 saturated heterocycles. The van der Waals surface area contributed by atoms with Gasteiger partial charge in [0.1, 0.15) is 23.0 Å². The van der Waals surface area contributed by atoms with E-state index in [1.54, 1.807) is 30.6 Å². The first-order chi connectivity index (χ1) is 12.6. The lowest BCUT2D eigenvalue weighted by Gasteiger charge is -2.07. The number of hydrogen-bond donors (Lipinski definition) is 2. The molecule has 0 fully saturated rings. The number of nitrogens with two attached hydrogens (primary N) is 1. The van der Waals surface area contributed by atoms with Crippen molar-refractivity contribution in [3.05, 3.63) is 54.6 Å². The van der Waals surface area contributed by atoms with Crippen LogP contribution in [0.25, 0.3) is 22.6 Å². The van der Waals surface area contributed by atoms with E-state index in [4.69, 9.17) is 5.73 Å². The molecule has 0 radical (unpaired) electrons. The molecule has 0 amide bonds. The molecule has 3 heterocycles. The number of aryl methyl sites for hydroxylation is 1. The van der Waals surface area contributed by atoms with Crippen LogP contribution in [0.4, 0.5) is 21.8 Å². The Morgan fingerprint density at radius 3 is 2.65 bits per heavy atom. The highest BCUT2D eigenvalue weighted by Gasteiger charge is 2.14. The molecule has 130 valence electrons. The number of benzene rings is 1. The van der Waals surface area contributed by atoms with Crippen molar-refractivity contribution in [1.29, 1.82) is 0 Å². The minimum absolute atomic E-state index is 0.294. The van der Waals surface area contributed by atoms with Gasteiger partial charge in [-0.15, -0.1) is 0 Å². The monoisotopic (exact) mass is 349 g/mol. The van der Waals surface area contributed by atoms with Crippen molar-refractivity contribution >= 4 is 28.6 Å². The predicted octanol–water partition coefficient (Wildman–Crippen LogP) is 3.37. The number of halogens is 1. The van der Waals surface area contributed by atoms with Crippen LogP contribution in [-0.2, 0) is 6.54 Å². The van der Waals surface area contributed by atoms with Gasteiger partial charge in [0, 0.05) is 24.0 Å². The molecule has 4 aromatic rings. The molecule has 0 atom stereocenters. The number of aromatic nitrogens is 5. The molecule has 3 N–H and O–H groups in total. The van der Waals surface area contributed by atoms with Crippen LogP contribution in [0.5, 0.6) is 0 Å². The van der Waals surface area contributed by atoms with Gasteiger partial charge in [-0.1, -0.05) is 0 Å². The molecule has 7 nitrogen and oxygen atoms in total. The topological polar surface area (TPSA) is 94.5 Å². The zero-order valence-corrected chi connectivity index (χ0v) is 14.0. The van der Waals surface area contributed by atoms with Crippen molar-refractivity contribution < 1.29 is 4.39 Å². The smallest absolute Gasteiger partial charge is 0.229 e. The summed E-state index contributed by atoms with van der Waals surface area (Å²) in [4.78, 5) is 17.5. The molecule has 1 aromatic carbocycles. The van der Waals surface area contributed by atoms with E-state index < -0.39 is 0 Å². The fourth-order valence-electron chi connectivity index (χ4n) is 2.75. The average molecular weight is 349 g/mol. The fourth-order valence-corrected chi connectivity index (χ4v) is 2.75. The van der Waals surface area contributed by atoms with Crippen LogP contribution >= 0.6 is 0 Å². The Labute approximate surface area is 148 Å². The van der Waals surface area contributed by atoms with Crippen molar-refractivity contribution in [3.63, 3.8) is 0 Å². The number of fused-ring (bicyclic) bond motifs is 1. The van der Waals surface area contributed by atoms with E-state index in [0.29, 0.717) is 35.2 Å². The molecule has 4 rings (SSSR count). The fraction of sp³-hybridized carbons (Fsp3) is 0.111. The second-order valence-corrected chi connectivity index (χ2v) is 5.68. The summed E-state index contributed by atoms with van der Waals surface area (Å²) >= 11 is 0. The molecule has 0 spiro atoms. The lowest BCUT2D eigenvalue weighted by Crippen LogP contribution is -2.02. The second kappa shape index (κ2) is 6.40. The van der Waals surface area contributed by atoms with Crippen molar-refractivity contribution in [3.8, 4) is 11.4 Å². The number of rotatable bonds is 4. The summed E-state index contributed by atoms with van der Waals surface area (Å²) < 4.78 is 15.0. The Kier molecular flexibility index (Phi) is 3.92. The molecule has 0 bridgehead atoms. The van der Waals surface area contributed by atoms with Crippen LogP contribution in [0.1, 0.15) is 6.92 Å². The van der Waals surface area contributed by atoms with Gasteiger partial charge in [-0.2, -0.15) is 4.98 Å². The van der Waals surface area contributed by atoms with Crippen LogP contribution < -0.4 is 11.1 Å². The Morgan fingerprint density at radius 1 is 1.12 bits per heavy atom. The van der Waals surface area contributed by atoms with Crippen molar-refractivity contribution in [2.45, 2.75) is 13.5 Å². The molecule has 0 saturated carbocycles. The van der Waals surface area contributed by atoms with Crippen LogP contribution in [0, 0.1) is 5.82 Å². The van der Waals surface area contributed by atoms with E-state index in [2.05, 4.69) is 25.3 Å². The van der Waals surface area contributed by atoms with Crippen LogP contribution in [-0.4, -0.2) is 24.5 Å². The average Bonchev–Trinajstić information content (AvgIpc) is 3.01. The maximum atomic E-state index is 13.0. The Morgan fingerprint density at radius 2 is 1.92 bits per heavy atom. The lowest BCUT2D eigenvalue weighted by molar-refractivity contribution is 0.628. The number of nitrogens with one attached hydrogen (secondary N) is 1. The van der Waals surface area contributed by atoms with Gasteiger partial charge in [0.25, 0.3) is 0 Å². The van der Waals surface area contributed by atoms with Gasteiger partial charge in [0.2, 0.25) is 5.95 Å². The highest BCUT2D eigenvalue weighted by molar-refractivity contribution is 5.78. The summed E-state index contributed by atoms with van der Waals surface area (Å²) in [5, 5.41) is 3.07. The van der Waals surface area contributed by atoms with Crippen molar-refractivity contribution in [1.82, 2.24) is 24.5 Å². The third kappa shape index (κ3) is 2.92. The normalized spacial score (nSPS) is 11.0. The summed E-state index contributed by atoms with van der Waals surface area (Å²) in [7, 11) is 0. The highest BCUT2D eigenvalue weighted by atomic mass is 19.1. The van der Waals surface area contributed by atoms with E-state index in [-0.39, 0.29) is 5.82 Å². The zero-order chi connectivity index (χ0) is 18.1. The standard InChI is InChI=1S/C18H16FN7/c1-2-26-16(11-7-8-21-15(20)9-11)24-14-10-22-18(25-17(14)26)23-13-5-3-12(19)4-6-13/h3-10H,2H2,1H3,(H2,20,21)(H,22,23,25). The summed E-state index contributed by atoms with van der Waals surface area (Å²) in [5.74, 6) is 1.31. The number of nitrogens with zero attached hydrogens (tertiary/aromatic N) is 5. The number of pyridine rings is 1. The largest absolute Gasteiger partial charge is 0.384 e. The SMILES string of the molecule is CCn1c(-c2ccnc(N)c2)nc2cnc(Nc3ccc(F)cc3)nc21. The van der Waals surface area contributed by atoms with Crippen LogP contribution in [0.2, 0.25) is 0 Å². The Bertz CT molecular complexity index is 1070. The van der Waals surface area contributed by atoms with Gasteiger partial charge in [-0.05, 0) is 43.3 Å². The first-order valence-electron chi connectivity index (χ1n) is 8.12. The summed E-state index contributed by atoms with van der Waals surface area (Å²) in [6, 6.07) is 9.65. The number of imidazole rings is 1. The predicted molar refractivity (Wildman–Crippen MR) is 98.3 cm³/mol. The third-order valence-electron chi connectivity index (χ3n) is 3.94. The van der Waals surface area contributed by atoms with Gasteiger partial charge < -0.3 is 15.6 Å². The van der Waals surface area contributed by atoms with Crippen molar-refractivity contribution in [2.24, 2.45) is 0 Å². The van der Waals surface area contributed by atoms with E-state index in [9.17, 15) is 4.39 Å². The molecule has 0 aliphatic rings. The van der Waals surface area contributed by atoms with Crippen LogP contribution in [0.15, 0.2) is 48.8 Å². The quantitative estimate of drug-likeness (QED) is 0.586.